The van der Waals surface area contributed by atoms with Gasteiger partial charge >= 0.3 is 5.97 Å². The minimum atomic E-state index is -0.634. The van der Waals surface area contributed by atoms with Crippen LogP contribution in [0.4, 0.5) is 0 Å². The molecule has 0 saturated carbocycles. The molecule has 1 atom stereocenters. The summed E-state index contributed by atoms with van der Waals surface area (Å²) in [6.07, 6.45) is 5.57. The maximum absolute atomic E-state index is 12.6. The average molecular weight is 448 g/mol. The van der Waals surface area contributed by atoms with E-state index in [2.05, 4.69) is 43.4 Å². The molecule has 0 spiro atoms. The average Bonchev–Trinajstić information content (AvgIpc) is 3.33. The van der Waals surface area contributed by atoms with E-state index < -0.39 is 5.97 Å². The van der Waals surface area contributed by atoms with Crippen LogP contribution in [0.25, 0.3) is 10.9 Å². The first kappa shape index (κ1) is 20.5. The van der Waals surface area contributed by atoms with Crippen molar-refractivity contribution >= 4 is 34.2 Å². The molecule has 7 nitrogen and oxygen atoms in total. The number of hydrogen-bond acceptors (Lipinski definition) is 5. The lowest BCUT2D eigenvalue weighted by molar-refractivity contribution is 0.0506. The molecule has 5 rings (SSSR count). The van der Waals surface area contributed by atoms with E-state index in [4.69, 9.17) is 16.4 Å². The van der Waals surface area contributed by atoms with E-state index in [9.17, 15) is 4.79 Å². The fourth-order valence-corrected chi connectivity index (χ4v) is 4.63. The number of halogens is 1. The van der Waals surface area contributed by atoms with Crippen LogP contribution in [0.1, 0.15) is 34.0 Å². The highest BCUT2D eigenvalue weighted by molar-refractivity contribution is 6.29. The molecule has 0 fully saturated rings. The zero-order chi connectivity index (χ0) is 22.2. The predicted octanol–water partition coefficient (Wildman–Crippen LogP) is 4.56. The molecule has 0 radical (unpaired) electrons. The van der Waals surface area contributed by atoms with Crippen molar-refractivity contribution in [3.63, 3.8) is 0 Å². The highest BCUT2D eigenvalue weighted by Crippen LogP contribution is 2.35. The molecule has 32 heavy (non-hydrogen) atoms. The van der Waals surface area contributed by atoms with Crippen molar-refractivity contribution in [2.45, 2.75) is 26.3 Å². The van der Waals surface area contributed by atoms with Gasteiger partial charge in [0.2, 0.25) is 0 Å². The molecule has 0 saturated heterocycles. The second-order valence-corrected chi connectivity index (χ2v) is 8.35. The number of para-hydroxylation sites is 1. The lowest BCUT2D eigenvalue weighted by atomic mass is 9.84. The molecule has 1 unspecified atom stereocenters. The quantitative estimate of drug-likeness (QED) is 0.261. The molecule has 1 aliphatic carbocycles. The summed E-state index contributed by atoms with van der Waals surface area (Å²) in [4.78, 5) is 26.4. The van der Waals surface area contributed by atoms with E-state index in [0.717, 1.165) is 40.8 Å². The molecule has 4 aromatic rings. The first-order chi connectivity index (χ1) is 15.5. The maximum atomic E-state index is 12.6. The molecule has 0 N–H and O–H groups in total. The zero-order valence-electron chi connectivity index (χ0n) is 17.8. The third kappa shape index (κ3) is 3.58. The molecular weight excluding hydrogens is 426 g/mol. The Kier molecular flexibility index (Phi) is 5.27. The summed E-state index contributed by atoms with van der Waals surface area (Å²) < 4.78 is 4.32. The second-order valence-electron chi connectivity index (χ2n) is 7.96. The predicted molar refractivity (Wildman–Crippen MR) is 123 cm³/mol. The first-order valence-corrected chi connectivity index (χ1v) is 10.9. The van der Waals surface area contributed by atoms with Crippen molar-refractivity contribution < 1.29 is 9.63 Å². The number of aryl methyl sites for hydroxylation is 2. The number of benzene rings is 1. The minimum absolute atomic E-state index is 0.0707. The number of fused-ring (bicyclic) bond motifs is 3. The van der Waals surface area contributed by atoms with Gasteiger partial charge in [-0.25, -0.2) is 14.8 Å². The van der Waals surface area contributed by atoms with Crippen LogP contribution < -0.4 is 0 Å². The van der Waals surface area contributed by atoms with E-state index in [1.54, 1.807) is 24.4 Å². The van der Waals surface area contributed by atoms with Crippen molar-refractivity contribution in [1.82, 2.24) is 19.1 Å². The summed E-state index contributed by atoms with van der Waals surface area (Å²) >= 11 is 5.92. The van der Waals surface area contributed by atoms with Gasteiger partial charge in [0.25, 0.3) is 0 Å². The van der Waals surface area contributed by atoms with E-state index in [1.807, 2.05) is 25.3 Å². The number of pyridine rings is 1. The Morgan fingerprint density at radius 3 is 2.88 bits per heavy atom. The van der Waals surface area contributed by atoms with Gasteiger partial charge in [-0.15, -0.1) is 0 Å². The summed E-state index contributed by atoms with van der Waals surface area (Å²) in [5.41, 5.74) is 4.27. The fourth-order valence-electron chi connectivity index (χ4n) is 4.47. The summed E-state index contributed by atoms with van der Waals surface area (Å²) in [6, 6.07) is 13.1. The standard InChI is InChI=1S/C24H22ClN5O2/c1-15-26-12-13-30(15)14-16-10-11-20-22(17-6-3-4-8-19(17)29(20)2)23(16)28-32-24(31)18-7-5-9-21(25)27-18/h3-9,12-13,16H,10-11,14H2,1-2H3/b28-23+. The van der Waals surface area contributed by atoms with Gasteiger partial charge in [-0.2, -0.15) is 0 Å². The summed E-state index contributed by atoms with van der Waals surface area (Å²) in [5.74, 6) is 0.374. The summed E-state index contributed by atoms with van der Waals surface area (Å²) in [5, 5.41) is 5.76. The van der Waals surface area contributed by atoms with Crippen molar-refractivity contribution in [2.24, 2.45) is 18.1 Å². The van der Waals surface area contributed by atoms with Gasteiger partial charge in [-0.05, 0) is 38.0 Å². The molecule has 0 aliphatic heterocycles. The molecule has 8 heteroatoms. The van der Waals surface area contributed by atoms with Gasteiger partial charge in [0.15, 0.2) is 5.69 Å². The molecule has 1 aromatic carbocycles. The Morgan fingerprint density at radius 2 is 2.09 bits per heavy atom. The van der Waals surface area contributed by atoms with Crippen molar-refractivity contribution in [3.05, 3.63) is 82.8 Å². The summed E-state index contributed by atoms with van der Waals surface area (Å²) in [7, 11) is 2.07. The number of imidazole rings is 1. The molecular formula is C24H22ClN5O2. The Bertz CT molecular complexity index is 1350. The fraction of sp³-hybridized carbons (Fsp3) is 0.250. The number of rotatable bonds is 4. The third-order valence-corrected chi connectivity index (χ3v) is 6.30. The van der Waals surface area contributed by atoms with Gasteiger partial charge < -0.3 is 14.0 Å². The van der Waals surface area contributed by atoms with Crippen LogP contribution in [0, 0.1) is 12.8 Å². The Labute approximate surface area is 190 Å². The van der Waals surface area contributed by atoms with E-state index in [0.29, 0.717) is 6.54 Å². The highest BCUT2D eigenvalue weighted by Gasteiger charge is 2.32. The van der Waals surface area contributed by atoms with E-state index >= 15 is 0 Å². The Hall–Kier alpha value is -3.45. The van der Waals surface area contributed by atoms with Crippen LogP contribution in [0.2, 0.25) is 5.15 Å². The normalized spacial score (nSPS) is 17.0. The maximum Gasteiger partial charge on any atom is 0.383 e. The van der Waals surface area contributed by atoms with Gasteiger partial charge in [0.05, 0.1) is 5.71 Å². The van der Waals surface area contributed by atoms with Crippen molar-refractivity contribution in [2.75, 3.05) is 0 Å². The van der Waals surface area contributed by atoms with Crippen molar-refractivity contribution in [3.8, 4) is 0 Å². The SMILES string of the molecule is Cc1nccn1CC1CCc2c(c3ccccc3n2C)/C1=N/OC(=O)c1cccc(Cl)n1. The lowest BCUT2D eigenvalue weighted by Gasteiger charge is -2.25. The van der Waals surface area contributed by atoms with Crippen LogP contribution >= 0.6 is 11.6 Å². The van der Waals surface area contributed by atoms with Crippen LogP contribution in [0.5, 0.6) is 0 Å². The first-order valence-electron chi connectivity index (χ1n) is 10.5. The minimum Gasteiger partial charge on any atom is -0.347 e. The van der Waals surface area contributed by atoms with Gasteiger partial charge in [0, 0.05) is 54.1 Å². The topological polar surface area (TPSA) is 74.3 Å². The van der Waals surface area contributed by atoms with E-state index in [1.165, 1.54) is 5.69 Å². The number of carbonyl (C=O) groups excluding carboxylic acids is 1. The van der Waals surface area contributed by atoms with Crippen LogP contribution in [0.15, 0.2) is 60.0 Å². The van der Waals surface area contributed by atoms with Gasteiger partial charge in [0.1, 0.15) is 11.0 Å². The van der Waals surface area contributed by atoms with Crippen LogP contribution in [-0.4, -0.2) is 30.8 Å². The number of nitrogens with zero attached hydrogens (tertiary/aromatic N) is 5. The lowest BCUT2D eigenvalue weighted by Crippen LogP contribution is -2.28. The zero-order valence-corrected chi connectivity index (χ0v) is 18.6. The van der Waals surface area contributed by atoms with Crippen molar-refractivity contribution in [1.29, 1.82) is 0 Å². The largest absolute Gasteiger partial charge is 0.383 e. The Morgan fingerprint density at radius 1 is 1.25 bits per heavy atom. The van der Waals surface area contributed by atoms with Crippen LogP contribution in [-0.2, 0) is 24.9 Å². The molecule has 162 valence electrons. The van der Waals surface area contributed by atoms with E-state index in [-0.39, 0.29) is 16.8 Å². The van der Waals surface area contributed by atoms with Gasteiger partial charge in [-0.1, -0.05) is 41.0 Å². The molecule has 1 aliphatic rings. The molecule has 0 amide bonds. The Balaban J connectivity index is 1.57. The molecule has 3 heterocycles. The number of aromatic nitrogens is 4. The van der Waals surface area contributed by atoms with Gasteiger partial charge in [-0.3, -0.25) is 0 Å². The summed E-state index contributed by atoms with van der Waals surface area (Å²) in [6.45, 7) is 2.69. The highest BCUT2D eigenvalue weighted by atomic mass is 35.5. The van der Waals surface area contributed by atoms with Crippen LogP contribution in [0.3, 0.4) is 0 Å². The number of oxime groups is 1. The molecule has 0 bridgehead atoms. The number of carbonyl (C=O) groups is 1. The smallest absolute Gasteiger partial charge is 0.347 e. The third-order valence-electron chi connectivity index (χ3n) is 6.09. The number of hydrogen-bond donors (Lipinski definition) is 0. The molecule has 3 aromatic heterocycles. The second kappa shape index (κ2) is 8.24. The monoisotopic (exact) mass is 447 g/mol.